The summed E-state index contributed by atoms with van der Waals surface area (Å²) < 4.78 is 0. The second-order valence-corrected chi connectivity index (χ2v) is 2.90. The highest BCUT2D eigenvalue weighted by Crippen LogP contribution is 2.21. The van der Waals surface area contributed by atoms with Crippen molar-refractivity contribution in [2.24, 2.45) is 0 Å². The van der Waals surface area contributed by atoms with Crippen LogP contribution in [-0.2, 0) is 4.79 Å². The summed E-state index contributed by atoms with van der Waals surface area (Å²) in [6.45, 7) is 1.99. The number of thiophene rings is 1. The molecular weight excluding hydrogens is 146 g/mol. The van der Waals surface area contributed by atoms with Gasteiger partial charge in [-0.3, -0.25) is 4.79 Å². The highest BCUT2D eigenvalue weighted by Gasteiger charge is 2.01. The second-order valence-electron chi connectivity index (χ2n) is 2.16. The van der Waals surface area contributed by atoms with E-state index in [9.17, 15) is 4.79 Å². The summed E-state index contributed by atoms with van der Waals surface area (Å²) >= 11 is 1.61. The summed E-state index contributed by atoms with van der Waals surface area (Å²) in [4.78, 5) is 11.9. The summed E-state index contributed by atoms with van der Waals surface area (Å²) in [5.74, 6) is 0. The molecule has 0 bridgehead atoms. The van der Waals surface area contributed by atoms with Crippen molar-refractivity contribution in [2.45, 2.75) is 6.92 Å². The van der Waals surface area contributed by atoms with Crippen LogP contribution in [0.1, 0.15) is 5.56 Å². The molecule has 0 N–H and O–H groups in total. The largest absolute Gasteiger partial charge is 0.317 e. The van der Waals surface area contributed by atoms with Gasteiger partial charge < -0.3 is 4.90 Å². The predicted molar refractivity (Wildman–Crippen MR) is 43.5 cm³/mol. The van der Waals surface area contributed by atoms with E-state index < -0.39 is 0 Å². The molecule has 3 heteroatoms. The molecule has 0 saturated carbocycles. The number of carbonyl (C=O) groups is 1. The average Bonchev–Trinajstić information content (AvgIpc) is 2.34. The van der Waals surface area contributed by atoms with Crippen molar-refractivity contribution in [3.05, 3.63) is 16.3 Å². The normalized spacial score (nSPS) is 9.40. The van der Waals surface area contributed by atoms with Crippen molar-refractivity contribution in [1.29, 1.82) is 0 Å². The minimum atomic E-state index is 0.815. The van der Waals surface area contributed by atoms with Crippen LogP contribution in [-0.4, -0.2) is 13.5 Å². The Balaban J connectivity index is 2.92. The Labute approximate surface area is 64.1 Å². The van der Waals surface area contributed by atoms with Crippen LogP contribution in [0.25, 0.3) is 0 Å². The lowest BCUT2D eigenvalue weighted by molar-refractivity contribution is -0.107. The van der Waals surface area contributed by atoms with E-state index >= 15 is 0 Å². The van der Waals surface area contributed by atoms with E-state index in [1.165, 1.54) is 0 Å². The van der Waals surface area contributed by atoms with Crippen LogP contribution in [0.15, 0.2) is 10.8 Å². The van der Waals surface area contributed by atoms with Gasteiger partial charge in [-0.05, 0) is 17.9 Å². The Morgan fingerprint density at radius 2 is 2.30 bits per heavy atom. The predicted octanol–water partition coefficient (Wildman–Crippen LogP) is 1.65. The van der Waals surface area contributed by atoms with Crippen molar-refractivity contribution in [3.8, 4) is 0 Å². The first-order valence-electron chi connectivity index (χ1n) is 2.96. The molecular formula is C7H9NOS. The summed E-state index contributed by atoms with van der Waals surface area (Å²) in [5, 5.41) is 3.99. The van der Waals surface area contributed by atoms with Gasteiger partial charge in [-0.1, -0.05) is 0 Å². The summed E-state index contributed by atoms with van der Waals surface area (Å²) in [7, 11) is 1.75. The number of hydrogen-bond acceptors (Lipinski definition) is 2. The fourth-order valence-electron chi connectivity index (χ4n) is 0.772. The second kappa shape index (κ2) is 2.84. The van der Waals surface area contributed by atoms with Gasteiger partial charge in [-0.2, -0.15) is 0 Å². The number of aryl methyl sites for hydroxylation is 1. The maximum Gasteiger partial charge on any atom is 0.213 e. The van der Waals surface area contributed by atoms with E-state index in [0.29, 0.717) is 0 Å². The van der Waals surface area contributed by atoms with E-state index in [4.69, 9.17) is 0 Å². The van der Waals surface area contributed by atoms with Crippen LogP contribution in [0.3, 0.4) is 0 Å². The molecule has 1 aromatic rings. The molecule has 54 valence electrons. The van der Waals surface area contributed by atoms with E-state index in [0.717, 1.165) is 17.7 Å². The molecule has 2 nitrogen and oxygen atoms in total. The Hall–Kier alpha value is -0.830. The van der Waals surface area contributed by atoms with E-state index in [2.05, 4.69) is 0 Å². The van der Waals surface area contributed by atoms with Crippen LogP contribution < -0.4 is 4.90 Å². The minimum Gasteiger partial charge on any atom is -0.317 e. The average molecular weight is 155 g/mol. The summed E-state index contributed by atoms with van der Waals surface area (Å²) in [6.07, 6.45) is 0.815. The van der Waals surface area contributed by atoms with Crippen LogP contribution in [0.5, 0.6) is 0 Å². The van der Waals surface area contributed by atoms with E-state index in [1.54, 1.807) is 23.3 Å². The van der Waals surface area contributed by atoms with Gasteiger partial charge in [0.05, 0.1) is 5.69 Å². The standard InChI is InChI=1S/C7H9NOS/c1-6-3-10-4-7(6)8(2)5-9/h3-5H,1-2H3. The van der Waals surface area contributed by atoms with Crippen molar-refractivity contribution in [3.63, 3.8) is 0 Å². The number of anilines is 1. The number of carbonyl (C=O) groups excluding carboxylic acids is 1. The third-order valence-electron chi connectivity index (χ3n) is 1.37. The third kappa shape index (κ3) is 1.19. The quantitative estimate of drug-likeness (QED) is 0.595. The van der Waals surface area contributed by atoms with Gasteiger partial charge >= 0.3 is 0 Å². The van der Waals surface area contributed by atoms with Crippen LogP contribution in [0, 0.1) is 6.92 Å². The lowest BCUT2D eigenvalue weighted by Crippen LogP contribution is -2.13. The molecule has 0 aromatic carbocycles. The van der Waals surface area contributed by atoms with Crippen LogP contribution >= 0.6 is 11.3 Å². The van der Waals surface area contributed by atoms with Crippen molar-refractivity contribution >= 4 is 23.4 Å². The topological polar surface area (TPSA) is 20.3 Å². The number of rotatable bonds is 2. The Morgan fingerprint density at radius 1 is 1.60 bits per heavy atom. The smallest absolute Gasteiger partial charge is 0.213 e. The Kier molecular flexibility index (Phi) is 2.06. The zero-order valence-corrected chi connectivity index (χ0v) is 6.81. The number of hydrogen-bond donors (Lipinski definition) is 0. The Bertz CT molecular complexity index is 231. The minimum absolute atomic E-state index is 0.815. The first kappa shape index (κ1) is 7.28. The molecule has 10 heavy (non-hydrogen) atoms. The van der Waals surface area contributed by atoms with Crippen LogP contribution in [0.2, 0.25) is 0 Å². The summed E-state index contributed by atoms with van der Waals surface area (Å²) in [6, 6.07) is 0. The number of nitrogens with zero attached hydrogens (tertiary/aromatic N) is 1. The fraction of sp³-hybridized carbons (Fsp3) is 0.286. The van der Waals surface area contributed by atoms with Crippen molar-refractivity contribution < 1.29 is 4.79 Å². The molecule has 0 fully saturated rings. The first-order chi connectivity index (χ1) is 4.75. The van der Waals surface area contributed by atoms with Gasteiger partial charge in [0.2, 0.25) is 6.41 Å². The molecule has 0 aliphatic rings. The lowest BCUT2D eigenvalue weighted by Gasteiger charge is -2.08. The SMILES string of the molecule is Cc1cscc1N(C)C=O. The van der Waals surface area contributed by atoms with Gasteiger partial charge in [0.1, 0.15) is 0 Å². The van der Waals surface area contributed by atoms with Crippen LogP contribution in [0.4, 0.5) is 5.69 Å². The van der Waals surface area contributed by atoms with Gasteiger partial charge in [0, 0.05) is 12.4 Å². The van der Waals surface area contributed by atoms with Gasteiger partial charge in [0.15, 0.2) is 0 Å². The number of amides is 1. The van der Waals surface area contributed by atoms with Gasteiger partial charge in [-0.15, -0.1) is 11.3 Å². The molecule has 0 atom stereocenters. The monoisotopic (exact) mass is 155 g/mol. The summed E-state index contributed by atoms with van der Waals surface area (Å²) in [5.41, 5.74) is 2.15. The first-order valence-corrected chi connectivity index (χ1v) is 3.91. The molecule has 0 spiro atoms. The molecule has 1 heterocycles. The molecule has 0 unspecified atom stereocenters. The molecule has 1 rings (SSSR count). The molecule has 0 aliphatic carbocycles. The fourth-order valence-corrected chi connectivity index (χ4v) is 1.65. The zero-order valence-electron chi connectivity index (χ0n) is 6.00. The molecule has 0 radical (unpaired) electrons. The van der Waals surface area contributed by atoms with Crippen molar-refractivity contribution in [1.82, 2.24) is 0 Å². The highest BCUT2D eigenvalue weighted by atomic mass is 32.1. The van der Waals surface area contributed by atoms with Crippen molar-refractivity contribution in [2.75, 3.05) is 11.9 Å². The Morgan fingerprint density at radius 3 is 2.70 bits per heavy atom. The molecule has 1 aromatic heterocycles. The third-order valence-corrected chi connectivity index (χ3v) is 2.22. The van der Waals surface area contributed by atoms with Gasteiger partial charge in [-0.25, -0.2) is 0 Å². The van der Waals surface area contributed by atoms with E-state index in [-0.39, 0.29) is 0 Å². The lowest BCUT2D eigenvalue weighted by atomic mass is 10.3. The van der Waals surface area contributed by atoms with Gasteiger partial charge in [0.25, 0.3) is 0 Å². The highest BCUT2D eigenvalue weighted by molar-refractivity contribution is 7.08. The van der Waals surface area contributed by atoms with E-state index in [1.807, 2.05) is 17.7 Å². The molecule has 0 saturated heterocycles. The molecule has 0 aliphatic heterocycles. The maximum absolute atomic E-state index is 10.3. The molecule has 1 amide bonds. The maximum atomic E-state index is 10.3. The zero-order chi connectivity index (χ0) is 7.56.